The SMILES string of the molecule is CC1=C(C#N)C(=O)N(C(=O)OCc2ccccc2)C(=O)C1Nc1ncc(-c2ccc(N(c3ccc(C)cc3)c3ccc(C)cc3)cc2)c2nsnc12. The van der Waals surface area contributed by atoms with E-state index in [0.29, 0.717) is 21.5 Å². The Balaban J connectivity index is 1.17. The third-order valence-electron chi connectivity index (χ3n) is 8.80. The highest BCUT2D eigenvalue weighted by atomic mass is 32.1. The Labute approximate surface area is 303 Å². The first kappa shape index (κ1) is 33.8. The molecule has 1 aliphatic heterocycles. The predicted molar refractivity (Wildman–Crippen MR) is 199 cm³/mol. The zero-order valence-corrected chi connectivity index (χ0v) is 29.2. The number of hydrogen-bond donors (Lipinski definition) is 1. The second-order valence-electron chi connectivity index (χ2n) is 12.3. The first-order valence-corrected chi connectivity index (χ1v) is 17.1. The van der Waals surface area contributed by atoms with Gasteiger partial charge in [0.1, 0.15) is 35.3 Å². The number of aryl methyl sites for hydroxylation is 2. The van der Waals surface area contributed by atoms with Gasteiger partial charge in [-0.2, -0.15) is 18.9 Å². The molecule has 52 heavy (non-hydrogen) atoms. The molecule has 7 rings (SSSR count). The molecule has 0 saturated heterocycles. The molecule has 0 saturated carbocycles. The Morgan fingerprint density at radius 3 is 2.02 bits per heavy atom. The second kappa shape index (κ2) is 14.3. The number of carbonyl (C=O) groups is 3. The molecular weight excluding hydrogens is 675 g/mol. The minimum atomic E-state index is -1.27. The smallest absolute Gasteiger partial charge is 0.424 e. The zero-order chi connectivity index (χ0) is 36.4. The van der Waals surface area contributed by atoms with Gasteiger partial charge in [0.2, 0.25) is 0 Å². The number of pyridine rings is 1. The number of nitriles is 1. The molecule has 0 radical (unpaired) electrons. The molecule has 3 amide bonds. The minimum absolute atomic E-state index is 0.147. The van der Waals surface area contributed by atoms with E-state index in [4.69, 9.17) is 4.74 Å². The number of aromatic nitrogens is 3. The molecule has 1 aliphatic rings. The molecule has 11 nitrogen and oxygen atoms in total. The van der Waals surface area contributed by atoms with Crippen molar-refractivity contribution >= 4 is 63.5 Å². The van der Waals surface area contributed by atoms with Crippen molar-refractivity contribution in [3.05, 3.63) is 137 Å². The zero-order valence-electron chi connectivity index (χ0n) is 28.4. The number of rotatable bonds is 8. The number of amides is 3. The summed E-state index contributed by atoms with van der Waals surface area (Å²) in [6.45, 7) is 5.45. The highest BCUT2D eigenvalue weighted by Gasteiger charge is 2.44. The van der Waals surface area contributed by atoms with E-state index in [1.165, 1.54) is 18.1 Å². The van der Waals surface area contributed by atoms with Crippen LogP contribution in [0.15, 0.2) is 120 Å². The van der Waals surface area contributed by atoms with Gasteiger partial charge in [-0.05, 0) is 73.9 Å². The molecule has 0 aliphatic carbocycles. The van der Waals surface area contributed by atoms with Gasteiger partial charge in [0.15, 0.2) is 5.82 Å². The maximum absolute atomic E-state index is 13.7. The highest BCUT2D eigenvalue weighted by Crippen LogP contribution is 2.37. The molecule has 12 heteroatoms. The van der Waals surface area contributed by atoms with E-state index in [-0.39, 0.29) is 23.6 Å². The molecule has 2 aromatic heterocycles. The number of benzene rings is 4. The molecule has 1 N–H and O–H groups in total. The van der Waals surface area contributed by atoms with Crippen LogP contribution in [-0.2, 0) is 20.9 Å². The van der Waals surface area contributed by atoms with Gasteiger partial charge in [-0.3, -0.25) is 9.59 Å². The van der Waals surface area contributed by atoms with Crippen LogP contribution in [0.4, 0.5) is 27.7 Å². The summed E-state index contributed by atoms with van der Waals surface area (Å²) >= 11 is 0.984. The number of nitrogens with one attached hydrogen (secondary N) is 1. The van der Waals surface area contributed by atoms with Crippen molar-refractivity contribution in [2.45, 2.75) is 33.4 Å². The van der Waals surface area contributed by atoms with Gasteiger partial charge in [-0.25, -0.2) is 9.78 Å². The average Bonchev–Trinajstić information content (AvgIpc) is 3.66. The van der Waals surface area contributed by atoms with Crippen molar-refractivity contribution in [3.8, 4) is 17.2 Å². The lowest BCUT2D eigenvalue weighted by molar-refractivity contribution is -0.141. The summed E-state index contributed by atoms with van der Waals surface area (Å²) in [5.41, 5.74) is 8.33. The molecule has 256 valence electrons. The number of nitrogens with zero attached hydrogens (tertiary/aromatic N) is 6. The minimum Gasteiger partial charge on any atom is -0.444 e. The van der Waals surface area contributed by atoms with Crippen molar-refractivity contribution in [3.63, 3.8) is 0 Å². The summed E-state index contributed by atoms with van der Waals surface area (Å²) in [5.74, 6) is -1.74. The Morgan fingerprint density at radius 1 is 0.846 bits per heavy atom. The quantitative estimate of drug-likeness (QED) is 0.154. The van der Waals surface area contributed by atoms with Crippen LogP contribution in [0.25, 0.3) is 22.2 Å². The normalized spacial score (nSPS) is 14.3. The Bertz CT molecular complexity index is 2340. The number of fused-ring (bicyclic) bond motifs is 1. The van der Waals surface area contributed by atoms with E-state index in [2.05, 4.69) is 86.3 Å². The van der Waals surface area contributed by atoms with Crippen LogP contribution < -0.4 is 10.2 Å². The lowest BCUT2D eigenvalue weighted by Gasteiger charge is -2.30. The molecule has 3 heterocycles. The van der Waals surface area contributed by atoms with Crippen molar-refractivity contribution in [2.75, 3.05) is 10.2 Å². The van der Waals surface area contributed by atoms with E-state index in [0.717, 1.165) is 39.9 Å². The molecule has 4 aromatic carbocycles. The van der Waals surface area contributed by atoms with Crippen LogP contribution in [0.3, 0.4) is 0 Å². The summed E-state index contributed by atoms with van der Waals surface area (Å²) in [6, 6.07) is 34.2. The molecule has 0 spiro atoms. The maximum Gasteiger partial charge on any atom is 0.424 e. The molecule has 0 fully saturated rings. The van der Waals surface area contributed by atoms with E-state index in [9.17, 15) is 19.6 Å². The number of anilines is 4. The van der Waals surface area contributed by atoms with Gasteiger partial charge in [0.25, 0.3) is 11.8 Å². The van der Waals surface area contributed by atoms with Crippen molar-refractivity contribution in [1.82, 2.24) is 18.6 Å². The van der Waals surface area contributed by atoms with Crippen molar-refractivity contribution in [2.24, 2.45) is 0 Å². The molecule has 6 aromatic rings. The fraction of sp³-hybridized carbons (Fsp3) is 0.125. The van der Waals surface area contributed by atoms with Crippen LogP contribution in [0.2, 0.25) is 0 Å². The summed E-state index contributed by atoms with van der Waals surface area (Å²) in [4.78, 5) is 47.0. The van der Waals surface area contributed by atoms with Gasteiger partial charge in [0.05, 0.1) is 11.7 Å². The molecule has 1 atom stereocenters. The standard InChI is InChI=1S/C40H31N7O4S/c1-24-9-15-29(16-10-24)46(30-17-11-25(2)12-18-30)31-19-13-28(14-20-31)33-22-42-37(36-35(33)44-52-45-36)43-34-26(3)32(21-41)38(48)47(39(34)49)40(50)51-23-27-7-5-4-6-8-27/h4-20,22,34H,23H2,1-3H3,(H,42,43). The molecule has 1 unspecified atom stereocenters. The fourth-order valence-electron chi connectivity index (χ4n) is 5.95. The second-order valence-corrected chi connectivity index (χ2v) is 12.8. The Hall–Kier alpha value is -6.71. The Morgan fingerprint density at radius 2 is 1.42 bits per heavy atom. The van der Waals surface area contributed by atoms with E-state index < -0.39 is 23.9 Å². The van der Waals surface area contributed by atoms with E-state index in [1.54, 1.807) is 30.5 Å². The van der Waals surface area contributed by atoms with E-state index in [1.807, 2.05) is 36.4 Å². The first-order chi connectivity index (χ1) is 25.2. The average molecular weight is 706 g/mol. The van der Waals surface area contributed by atoms with Gasteiger partial charge in [0, 0.05) is 28.8 Å². The summed E-state index contributed by atoms with van der Waals surface area (Å²) < 4.78 is 14.3. The van der Waals surface area contributed by atoms with Crippen LogP contribution >= 0.6 is 11.7 Å². The molecule has 0 bridgehead atoms. The predicted octanol–water partition coefficient (Wildman–Crippen LogP) is 8.17. The maximum atomic E-state index is 13.7. The van der Waals surface area contributed by atoms with Crippen LogP contribution in [0.5, 0.6) is 0 Å². The van der Waals surface area contributed by atoms with Gasteiger partial charge in [-0.1, -0.05) is 77.9 Å². The third kappa shape index (κ3) is 6.48. The van der Waals surface area contributed by atoms with Crippen LogP contribution in [0, 0.1) is 25.2 Å². The summed E-state index contributed by atoms with van der Waals surface area (Å²) in [6.07, 6.45) is 0.453. The topological polar surface area (TPSA) is 141 Å². The summed E-state index contributed by atoms with van der Waals surface area (Å²) in [5, 5.41) is 12.9. The van der Waals surface area contributed by atoms with Gasteiger partial charge < -0.3 is 15.0 Å². The third-order valence-corrected chi connectivity index (χ3v) is 9.33. The Kier molecular flexibility index (Phi) is 9.26. The number of hydrogen-bond acceptors (Lipinski definition) is 11. The lowest BCUT2D eigenvalue weighted by atomic mass is 9.96. The number of ether oxygens (including phenoxy) is 1. The van der Waals surface area contributed by atoms with Crippen molar-refractivity contribution < 1.29 is 19.1 Å². The number of carbonyl (C=O) groups excluding carboxylic acids is 3. The summed E-state index contributed by atoms with van der Waals surface area (Å²) in [7, 11) is 0. The van der Waals surface area contributed by atoms with Gasteiger partial charge in [-0.15, -0.1) is 0 Å². The first-order valence-electron chi connectivity index (χ1n) is 16.3. The van der Waals surface area contributed by atoms with Crippen molar-refractivity contribution in [1.29, 1.82) is 5.26 Å². The monoisotopic (exact) mass is 705 g/mol. The van der Waals surface area contributed by atoms with E-state index >= 15 is 0 Å². The fourth-order valence-corrected chi connectivity index (χ4v) is 6.51. The molecular formula is C40H31N7O4S. The lowest BCUT2D eigenvalue weighted by Crippen LogP contribution is -2.54. The number of imide groups is 3. The van der Waals surface area contributed by atoms with Crippen LogP contribution in [-0.4, -0.2) is 42.6 Å². The van der Waals surface area contributed by atoms with Gasteiger partial charge >= 0.3 is 6.09 Å². The van der Waals surface area contributed by atoms with Crippen LogP contribution in [0.1, 0.15) is 23.6 Å². The largest absolute Gasteiger partial charge is 0.444 e. The highest BCUT2D eigenvalue weighted by molar-refractivity contribution is 7.00.